The molecule has 9 aliphatic rings. The van der Waals surface area contributed by atoms with E-state index in [1.807, 2.05) is 25.4 Å². The van der Waals surface area contributed by atoms with Crippen LogP contribution in [0, 0.1) is 99.6 Å². The molecule has 1 aliphatic heterocycles. The van der Waals surface area contributed by atoms with E-state index in [1.165, 1.54) is 12.0 Å². The second-order valence-corrected chi connectivity index (χ2v) is 23.1. The van der Waals surface area contributed by atoms with E-state index < -0.39 is 64.0 Å². The summed E-state index contributed by atoms with van der Waals surface area (Å²) < 4.78 is 5.96. The zero-order valence-electron chi connectivity index (χ0n) is 38.6. The third kappa shape index (κ3) is 6.90. The maximum absolute atomic E-state index is 14.3. The van der Waals surface area contributed by atoms with Crippen LogP contribution in [0.2, 0.25) is 0 Å². The topological polar surface area (TPSA) is 225 Å². The summed E-state index contributed by atoms with van der Waals surface area (Å²) in [7, 11) is 0. The van der Waals surface area contributed by atoms with E-state index in [0.29, 0.717) is 49.5 Å². The lowest BCUT2D eigenvalue weighted by Crippen LogP contribution is -2.64. The van der Waals surface area contributed by atoms with Crippen molar-refractivity contribution in [2.24, 2.45) is 104 Å². The van der Waals surface area contributed by atoms with E-state index in [4.69, 9.17) is 16.2 Å². The summed E-state index contributed by atoms with van der Waals surface area (Å²) in [6.45, 7) is 8.81. The van der Waals surface area contributed by atoms with E-state index in [1.54, 1.807) is 13.0 Å². The number of hydrogen-bond acceptors (Lipinski definition) is 9. The van der Waals surface area contributed by atoms with Crippen LogP contribution in [0.1, 0.15) is 110 Å². The number of aliphatic hydroxyl groups is 5. The summed E-state index contributed by atoms with van der Waals surface area (Å²) in [4.78, 5) is 35.7. The molecule has 65 heavy (non-hydrogen) atoms. The number of H-pyrrole nitrogens is 1. The average Bonchev–Trinajstić information content (AvgIpc) is 3.97. The van der Waals surface area contributed by atoms with Crippen molar-refractivity contribution in [2.45, 2.75) is 134 Å². The van der Waals surface area contributed by atoms with E-state index >= 15 is 0 Å². The van der Waals surface area contributed by atoms with E-state index in [2.05, 4.69) is 53.9 Å². The van der Waals surface area contributed by atoms with Gasteiger partial charge in [0.1, 0.15) is 0 Å². The van der Waals surface area contributed by atoms with E-state index in [9.17, 15) is 35.1 Å². The highest BCUT2D eigenvalue weighted by atomic mass is 16.5. The number of aliphatic hydroxyl groups excluding tert-OH is 3. The first kappa shape index (κ1) is 45.1. The summed E-state index contributed by atoms with van der Waals surface area (Å²) in [5, 5.41) is 61.9. The van der Waals surface area contributed by atoms with Gasteiger partial charge in [-0.05, 0) is 153 Å². The zero-order chi connectivity index (χ0) is 46.0. The number of nitrogens with one attached hydrogen (secondary N) is 1. The second-order valence-electron chi connectivity index (χ2n) is 23.1. The number of rotatable bonds is 5. The molecule has 2 heterocycles. The number of allylic oxidation sites excluding steroid dienone is 5. The molecule has 4 saturated carbocycles. The summed E-state index contributed by atoms with van der Waals surface area (Å²) >= 11 is 0. The number of nitrogens with zero attached hydrogens (tertiary/aromatic N) is 1. The third-order valence-corrected chi connectivity index (χ3v) is 19.8. The predicted octanol–water partition coefficient (Wildman–Crippen LogP) is 4.92. The molecule has 0 amide bonds. The van der Waals surface area contributed by atoms with Crippen molar-refractivity contribution in [3.05, 3.63) is 59.5 Å². The number of guanidine groups is 1. The summed E-state index contributed by atoms with van der Waals surface area (Å²) in [5.41, 5.74) is 9.81. The van der Waals surface area contributed by atoms with Crippen LogP contribution in [0.15, 0.2) is 58.9 Å². The maximum atomic E-state index is 14.3. The molecular formula is C53H72N4O8. The molecule has 5 fully saturated rings. The number of cyclic esters (lactones) is 1. The van der Waals surface area contributed by atoms with Gasteiger partial charge in [0.2, 0.25) is 0 Å². The SMILES string of the molecule is CC1CCC2=CC3C=CC4C(C5COC(=O)C5c5cc[nH]c5)C#CCC5CC6(O)C7=CC(=O)C8CC(O)C(O)CC8(C)C7CCC6(CCN=C(N)N)C5C(C)(O)C(O)CC(C)C3C4C2C1. The van der Waals surface area contributed by atoms with Crippen LogP contribution in [-0.4, -0.2) is 90.9 Å². The summed E-state index contributed by atoms with van der Waals surface area (Å²) in [6.07, 6.45) is 15.4. The molecule has 1 saturated heterocycles. The number of carbonyl (C=O) groups is 2. The first-order valence-corrected chi connectivity index (χ1v) is 24.9. The highest BCUT2D eigenvalue weighted by Crippen LogP contribution is 2.72. The Morgan fingerprint density at radius 2 is 1.80 bits per heavy atom. The lowest BCUT2D eigenvalue weighted by atomic mass is 9.44. The lowest BCUT2D eigenvalue weighted by Gasteiger charge is -2.61. The number of fused-ring (bicyclic) bond motifs is 8. The standard InChI is InChI=1S/C53H72N4O8/c1-27-8-9-29-20-30-10-11-34-33(36-26-65-48(62)45(36)32-13-16-56-25-32)7-5-6-31-23-53(64)38-21-40(58)39-22-41(59)42(60)24-50(39,3)37(38)12-14-52(53,15-17-57-49(54)55)47(31)51(4,63)43(61)19-28(2)44(30)46(34)35(29)18-27/h10-11,13,16,20-21,25,27-28,30-31,33-37,39,41-47,56,59-61,63-64H,6,8-9,12,14-15,17-19,22-24,26H2,1-4H3,(H4,54,55,57). The monoisotopic (exact) mass is 893 g/mol. The number of hydrogen-bond donors (Lipinski definition) is 8. The molecule has 352 valence electrons. The Hall–Kier alpha value is -3.73. The average molecular weight is 893 g/mol. The Morgan fingerprint density at radius 1 is 1.00 bits per heavy atom. The number of carbonyl (C=O) groups excluding carboxylic acids is 2. The molecule has 8 aliphatic carbocycles. The van der Waals surface area contributed by atoms with Gasteiger partial charge in [-0.3, -0.25) is 14.6 Å². The number of ether oxygens (including phenoxy) is 1. The number of ketones is 1. The van der Waals surface area contributed by atoms with Gasteiger partial charge in [-0.1, -0.05) is 50.5 Å². The molecular weight excluding hydrogens is 821 g/mol. The molecule has 21 unspecified atom stereocenters. The van der Waals surface area contributed by atoms with Gasteiger partial charge in [0.15, 0.2) is 11.7 Å². The molecule has 0 spiro atoms. The molecule has 10 rings (SSSR count). The van der Waals surface area contributed by atoms with Gasteiger partial charge >= 0.3 is 5.97 Å². The van der Waals surface area contributed by atoms with Crippen LogP contribution >= 0.6 is 0 Å². The van der Waals surface area contributed by atoms with Crippen LogP contribution in [0.5, 0.6) is 0 Å². The van der Waals surface area contributed by atoms with Gasteiger partial charge in [-0.25, -0.2) is 0 Å². The second kappa shape index (κ2) is 16.2. The first-order valence-electron chi connectivity index (χ1n) is 24.9. The molecule has 1 aromatic rings. The fourth-order valence-electron chi connectivity index (χ4n) is 17.0. The highest BCUT2D eigenvalue weighted by molar-refractivity contribution is 5.95. The van der Waals surface area contributed by atoms with E-state index in [0.717, 1.165) is 18.4 Å². The normalized spacial score (nSPS) is 49.9. The molecule has 0 radical (unpaired) electrons. The largest absolute Gasteiger partial charge is 0.465 e. The van der Waals surface area contributed by atoms with Gasteiger partial charge in [0.05, 0.1) is 42.0 Å². The number of esters is 1. The van der Waals surface area contributed by atoms with Crippen molar-refractivity contribution < 1.29 is 39.9 Å². The molecule has 12 nitrogen and oxygen atoms in total. The molecule has 10 N–H and O–H groups in total. The summed E-state index contributed by atoms with van der Waals surface area (Å²) in [5.74, 6) is 5.72. The predicted molar refractivity (Wildman–Crippen MR) is 245 cm³/mol. The highest BCUT2D eigenvalue weighted by Gasteiger charge is 2.73. The number of aromatic amines is 1. The quantitative estimate of drug-likeness (QED) is 0.0655. The maximum Gasteiger partial charge on any atom is 0.313 e. The first-order chi connectivity index (χ1) is 30.9. The fraction of sp³-hybridized carbons (Fsp3) is 0.717. The van der Waals surface area contributed by atoms with Crippen molar-refractivity contribution in [3.8, 4) is 11.8 Å². The van der Waals surface area contributed by atoms with Crippen molar-refractivity contribution >= 4 is 17.7 Å². The summed E-state index contributed by atoms with van der Waals surface area (Å²) in [6, 6.07) is 1.96. The van der Waals surface area contributed by atoms with Crippen molar-refractivity contribution in [3.63, 3.8) is 0 Å². The van der Waals surface area contributed by atoms with Crippen molar-refractivity contribution in [2.75, 3.05) is 13.2 Å². The minimum atomic E-state index is -1.70. The molecule has 21 atom stereocenters. The van der Waals surface area contributed by atoms with Gasteiger partial charge in [0.25, 0.3) is 0 Å². The number of nitrogens with two attached hydrogens (primary N) is 2. The molecule has 1 aromatic heterocycles. The van der Waals surface area contributed by atoms with Gasteiger partial charge in [-0.2, -0.15) is 0 Å². The van der Waals surface area contributed by atoms with Crippen LogP contribution in [0.25, 0.3) is 0 Å². The number of aliphatic imine (C=N–C) groups is 1. The molecule has 4 bridgehead atoms. The Bertz CT molecular complexity index is 2240. The Labute approximate surface area is 383 Å². The Balaban J connectivity index is 1.12. The molecule has 0 aromatic carbocycles. The van der Waals surface area contributed by atoms with Crippen LogP contribution in [0.3, 0.4) is 0 Å². The Kier molecular flexibility index (Phi) is 11.2. The fourth-order valence-corrected chi connectivity index (χ4v) is 17.0. The number of aromatic nitrogens is 1. The van der Waals surface area contributed by atoms with Gasteiger partial charge < -0.3 is 46.7 Å². The van der Waals surface area contributed by atoms with Crippen molar-refractivity contribution in [1.29, 1.82) is 0 Å². The molecule has 12 heteroatoms. The van der Waals surface area contributed by atoms with Crippen molar-refractivity contribution in [1.82, 2.24) is 4.98 Å². The smallest absolute Gasteiger partial charge is 0.313 e. The van der Waals surface area contributed by atoms with Crippen LogP contribution < -0.4 is 11.5 Å². The Morgan fingerprint density at radius 3 is 2.55 bits per heavy atom. The van der Waals surface area contributed by atoms with E-state index in [-0.39, 0.29) is 97.5 Å². The minimum Gasteiger partial charge on any atom is -0.465 e. The van der Waals surface area contributed by atoms with Gasteiger partial charge in [0, 0.05) is 54.4 Å². The van der Waals surface area contributed by atoms with Crippen LogP contribution in [-0.2, 0) is 14.3 Å². The minimum absolute atomic E-state index is 0.0128. The zero-order valence-corrected chi connectivity index (χ0v) is 38.6. The van der Waals surface area contributed by atoms with Gasteiger partial charge in [-0.15, -0.1) is 5.92 Å². The lowest BCUT2D eigenvalue weighted by molar-refractivity contribution is -0.189. The van der Waals surface area contributed by atoms with Crippen LogP contribution in [0.4, 0.5) is 0 Å². The third-order valence-electron chi connectivity index (χ3n) is 19.8.